The molecule has 0 spiro atoms. The highest BCUT2D eigenvalue weighted by Crippen LogP contribution is 2.27. The monoisotopic (exact) mass is 544 g/mol. The number of non-ortho nitro benzene ring substituents is 1. The van der Waals surface area contributed by atoms with E-state index in [1.165, 1.54) is 29.1 Å². The topological polar surface area (TPSA) is 99.6 Å². The predicted octanol–water partition coefficient (Wildman–Crippen LogP) is 6.74. The smallest absolute Gasteiger partial charge is 0.282 e. The van der Waals surface area contributed by atoms with Crippen LogP contribution in [0.3, 0.4) is 0 Å². The molecule has 0 bridgehead atoms. The van der Waals surface area contributed by atoms with E-state index in [4.69, 9.17) is 27.9 Å². The van der Waals surface area contributed by atoms with E-state index in [0.29, 0.717) is 49.2 Å². The number of fused-ring (bicyclic) bond motifs is 1. The van der Waals surface area contributed by atoms with Crippen LogP contribution in [0.2, 0.25) is 10.0 Å². The second-order valence-corrected chi connectivity index (χ2v) is 9.03. The molecule has 0 aliphatic carbocycles. The van der Waals surface area contributed by atoms with Gasteiger partial charge in [-0.15, -0.1) is 0 Å². The number of nitro groups is 1. The third kappa shape index (κ3) is 5.27. The van der Waals surface area contributed by atoms with Crippen LogP contribution in [-0.2, 0) is 6.61 Å². The van der Waals surface area contributed by atoms with Crippen molar-refractivity contribution in [2.75, 3.05) is 0 Å². The highest BCUT2D eigenvalue weighted by atomic mass is 35.5. The van der Waals surface area contributed by atoms with Crippen LogP contribution in [0.1, 0.15) is 11.1 Å². The third-order valence-electron chi connectivity index (χ3n) is 5.70. The molecule has 0 N–H and O–H groups in total. The van der Waals surface area contributed by atoms with Crippen LogP contribution in [-0.4, -0.2) is 20.8 Å². The van der Waals surface area contributed by atoms with Crippen LogP contribution in [0.5, 0.6) is 5.75 Å². The Labute approximate surface area is 226 Å². The summed E-state index contributed by atoms with van der Waals surface area (Å²) < 4.78 is 7.11. The van der Waals surface area contributed by atoms with Crippen molar-refractivity contribution in [2.24, 2.45) is 5.10 Å². The number of rotatable bonds is 7. The molecule has 10 heteroatoms. The summed E-state index contributed by atoms with van der Waals surface area (Å²) in [6, 6.07) is 25.3. The molecule has 0 atom stereocenters. The van der Waals surface area contributed by atoms with Crippen molar-refractivity contribution < 1.29 is 9.66 Å². The van der Waals surface area contributed by atoms with Gasteiger partial charge in [-0.3, -0.25) is 14.9 Å². The largest absolute Gasteiger partial charge is 0.488 e. The zero-order valence-corrected chi connectivity index (χ0v) is 21.1. The molecule has 0 saturated carbocycles. The van der Waals surface area contributed by atoms with Crippen LogP contribution < -0.4 is 10.3 Å². The van der Waals surface area contributed by atoms with E-state index in [-0.39, 0.29) is 17.9 Å². The molecule has 8 nitrogen and oxygen atoms in total. The maximum absolute atomic E-state index is 13.4. The Balaban J connectivity index is 1.59. The zero-order chi connectivity index (χ0) is 26.6. The first-order chi connectivity index (χ1) is 18.4. The lowest BCUT2D eigenvalue weighted by molar-refractivity contribution is -0.384. The molecule has 5 aromatic rings. The van der Waals surface area contributed by atoms with Gasteiger partial charge >= 0.3 is 0 Å². The number of nitro benzene ring substituents is 1. The Kier molecular flexibility index (Phi) is 7.17. The minimum absolute atomic E-state index is 0.0847. The average Bonchev–Trinajstić information content (AvgIpc) is 2.92. The summed E-state index contributed by atoms with van der Waals surface area (Å²) >= 11 is 12.2. The average molecular weight is 545 g/mol. The van der Waals surface area contributed by atoms with Crippen LogP contribution in [0.25, 0.3) is 22.3 Å². The van der Waals surface area contributed by atoms with Crippen molar-refractivity contribution in [2.45, 2.75) is 6.61 Å². The van der Waals surface area contributed by atoms with Gasteiger partial charge in [0.05, 0.1) is 22.0 Å². The molecule has 0 aliphatic rings. The Morgan fingerprint density at radius 2 is 1.74 bits per heavy atom. The van der Waals surface area contributed by atoms with Gasteiger partial charge in [-0.25, -0.2) is 4.98 Å². The van der Waals surface area contributed by atoms with E-state index in [0.717, 1.165) is 0 Å². The van der Waals surface area contributed by atoms with E-state index in [1.807, 2.05) is 30.3 Å². The molecule has 4 aromatic carbocycles. The molecule has 188 valence electrons. The third-order valence-corrected chi connectivity index (χ3v) is 6.29. The summed E-state index contributed by atoms with van der Waals surface area (Å²) in [5, 5.41) is 17.2. The van der Waals surface area contributed by atoms with Gasteiger partial charge in [0.1, 0.15) is 12.4 Å². The van der Waals surface area contributed by atoms with Crippen LogP contribution in [0, 0.1) is 10.1 Å². The minimum Gasteiger partial charge on any atom is -0.488 e. The lowest BCUT2D eigenvalue weighted by Gasteiger charge is -2.12. The van der Waals surface area contributed by atoms with Gasteiger partial charge < -0.3 is 4.74 Å². The lowest BCUT2D eigenvalue weighted by Crippen LogP contribution is -2.20. The quantitative estimate of drug-likeness (QED) is 0.128. The highest BCUT2D eigenvalue weighted by molar-refractivity contribution is 6.35. The van der Waals surface area contributed by atoms with E-state index in [9.17, 15) is 14.9 Å². The van der Waals surface area contributed by atoms with E-state index >= 15 is 0 Å². The molecule has 1 aromatic heterocycles. The van der Waals surface area contributed by atoms with Crippen LogP contribution in [0.4, 0.5) is 5.69 Å². The first-order valence-corrected chi connectivity index (χ1v) is 12.1. The van der Waals surface area contributed by atoms with Crippen molar-refractivity contribution in [1.29, 1.82) is 0 Å². The summed E-state index contributed by atoms with van der Waals surface area (Å²) in [4.78, 5) is 29.0. The Morgan fingerprint density at radius 1 is 0.974 bits per heavy atom. The van der Waals surface area contributed by atoms with E-state index in [1.54, 1.807) is 42.5 Å². The van der Waals surface area contributed by atoms with Crippen molar-refractivity contribution in [3.8, 4) is 17.1 Å². The molecule has 0 radical (unpaired) electrons. The second-order valence-electron chi connectivity index (χ2n) is 8.18. The van der Waals surface area contributed by atoms with Crippen molar-refractivity contribution in [3.63, 3.8) is 0 Å². The molecule has 38 heavy (non-hydrogen) atoms. The van der Waals surface area contributed by atoms with Gasteiger partial charge in [0.15, 0.2) is 5.82 Å². The number of nitrogens with zero attached hydrogens (tertiary/aromatic N) is 4. The second kappa shape index (κ2) is 10.8. The van der Waals surface area contributed by atoms with Crippen molar-refractivity contribution in [1.82, 2.24) is 9.66 Å². The standard InChI is InChI=1S/C28H18Cl2N4O4/c29-21-11-10-19(24(30)15-21)17-38-26-13-12-22(34(36)37)14-20(26)16-31-33-27(18-6-2-1-3-7-18)32-25-9-5-4-8-23(25)28(33)35/h1-16H,17H2. The predicted molar refractivity (Wildman–Crippen MR) is 148 cm³/mol. The highest BCUT2D eigenvalue weighted by Gasteiger charge is 2.15. The summed E-state index contributed by atoms with van der Waals surface area (Å²) in [5.74, 6) is 0.639. The maximum atomic E-state index is 13.4. The Hall–Kier alpha value is -4.53. The van der Waals surface area contributed by atoms with Crippen molar-refractivity contribution in [3.05, 3.63) is 133 Å². The van der Waals surface area contributed by atoms with Gasteiger partial charge in [0.25, 0.3) is 11.2 Å². The van der Waals surface area contributed by atoms with Gasteiger partial charge in [0, 0.05) is 38.9 Å². The number of hydrogen-bond donors (Lipinski definition) is 0. The molecular formula is C28H18Cl2N4O4. The fraction of sp³-hybridized carbons (Fsp3) is 0.0357. The summed E-state index contributed by atoms with van der Waals surface area (Å²) in [6.45, 7) is 0.0847. The maximum Gasteiger partial charge on any atom is 0.282 e. The summed E-state index contributed by atoms with van der Waals surface area (Å²) in [5.41, 5.74) is 1.64. The van der Waals surface area contributed by atoms with Gasteiger partial charge in [0.2, 0.25) is 0 Å². The number of para-hydroxylation sites is 1. The fourth-order valence-electron chi connectivity index (χ4n) is 3.80. The minimum atomic E-state index is -0.518. The normalized spacial score (nSPS) is 11.2. The van der Waals surface area contributed by atoms with E-state index in [2.05, 4.69) is 10.1 Å². The van der Waals surface area contributed by atoms with Crippen molar-refractivity contribution >= 4 is 46.0 Å². The summed E-state index contributed by atoms with van der Waals surface area (Å²) in [6.07, 6.45) is 1.34. The number of aromatic nitrogens is 2. The molecule has 0 unspecified atom stereocenters. The SMILES string of the molecule is O=c1c2ccccc2nc(-c2ccccc2)n1N=Cc1cc([N+](=O)[O-])ccc1OCc1ccc(Cl)cc1Cl. The number of halogens is 2. The first kappa shape index (κ1) is 25.1. The molecule has 0 saturated heterocycles. The molecular weight excluding hydrogens is 527 g/mol. The van der Waals surface area contributed by atoms with Gasteiger partial charge in [-0.05, 0) is 30.3 Å². The number of benzene rings is 4. The summed E-state index contributed by atoms with van der Waals surface area (Å²) in [7, 11) is 0. The Morgan fingerprint density at radius 3 is 2.50 bits per heavy atom. The van der Waals surface area contributed by atoms with Gasteiger partial charge in [-0.2, -0.15) is 9.78 Å². The molecule has 5 rings (SSSR count). The van der Waals surface area contributed by atoms with Gasteiger partial charge in [-0.1, -0.05) is 71.7 Å². The Bertz CT molecular complexity index is 1750. The molecule has 0 fully saturated rings. The number of ether oxygens (including phenoxy) is 1. The molecule has 1 heterocycles. The number of hydrogen-bond acceptors (Lipinski definition) is 6. The molecule has 0 aliphatic heterocycles. The van der Waals surface area contributed by atoms with Crippen LogP contribution >= 0.6 is 23.2 Å². The first-order valence-electron chi connectivity index (χ1n) is 11.4. The zero-order valence-electron chi connectivity index (χ0n) is 19.6. The lowest BCUT2D eigenvalue weighted by atomic mass is 10.2. The molecule has 0 amide bonds. The van der Waals surface area contributed by atoms with Crippen LogP contribution in [0.15, 0.2) is 101 Å². The van der Waals surface area contributed by atoms with E-state index < -0.39 is 4.92 Å². The fourth-order valence-corrected chi connectivity index (χ4v) is 4.26.